The Balaban J connectivity index is 1.55. The number of amides is 1. The van der Waals surface area contributed by atoms with Crippen molar-refractivity contribution in [2.24, 2.45) is 0 Å². The molecule has 4 rings (SSSR count). The molecule has 1 aromatic carbocycles. The van der Waals surface area contributed by atoms with Gasteiger partial charge in [-0.15, -0.1) is 11.3 Å². The molecule has 0 saturated carbocycles. The number of hydrogen-bond donors (Lipinski definition) is 1. The molecule has 1 atom stereocenters. The van der Waals surface area contributed by atoms with Crippen molar-refractivity contribution in [1.82, 2.24) is 19.7 Å². The van der Waals surface area contributed by atoms with Crippen LogP contribution >= 0.6 is 11.3 Å². The van der Waals surface area contributed by atoms with Gasteiger partial charge in [-0.1, -0.05) is 18.2 Å². The van der Waals surface area contributed by atoms with E-state index in [4.69, 9.17) is 0 Å². The number of alkyl halides is 3. The summed E-state index contributed by atoms with van der Waals surface area (Å²) in [6.45, 7) is 1.89. The van der Waals surface area contributed by atoms with Crippen LogP contribution in [0.2, 0.25) is 0 Å². The Morgan fingerprint density at radius 2 is 2.07 bits per heavy atom. The molecule has 30 heavy (non-hydrogen) atoms. The Kier molecular flexibility index (Phi) is 5.29. The molecular weight excluding hydrogens is 413 g/mol. The second-order valence-electron chi connectivity index (χ2n) is 6.88. The second kappa shape index (κ2) is 7.91. The predicted molar refractivity (Wildman–Crippen MR) is 108 cm³/mol. The number of pyridine rings is 1. The molecule has 1 amide bonds. The van der Waals surface area contributed by atoms with Crippen molar-refractivity contribution in [3.63, 3.8) is 0 Å². The van der Waals surface area contributed by atoms with Crippen LogP contribution < -0.4 is 5.32 Å². The average Bonchev–Trinajstić information content (AvgIpc) is 3.29. The largest absolute Gasteiger partial charge is 0.416 e. The molecule has 0 aliphatic rings. The van der Waals surface area contributed by atoms with Crippen molar-refractivity contribution in [1.29, 1.82) is 0 Å². The van der Waals surface area contributed by atoms with Gasteiger partial charge in [-0.05, 0) is 31.2 Å². The molecule has 3 heterocycles. The van der Waals surface area contributed by atoms with Gasteiger partial charge in [-0.25, -0.2) is 4.98 Å². The van der Waals surface area contributed by atoms with E-state index in [0.29, 0.717) is 28.3 Å². The smallest absolute Gasteiger partial charge is 0.348 e. The molecule has 1 N–H and O–H groups in total. The fourth-order valence-corrected chi connectivity index (χ4v) is 3.98. The van der Waals surface area contributed by atoms with Crippen LogP contribution in [-0.2, 0) is 12.6 Å². The number of aromatic nitrogens is 3. The number of benzene rings is 1. The summed E-state index contributed by atoms with van der Waals surface area (Å²) < 4.78 is 40.6. The minimum absolute atomic E-state index is 0.145. The van der Waals surface area contributed by atoms with Gasteiger partial charge in [-0.2, -0.15) is 13.2 Å². The van der Waals surface area contributed by atoms with Crippen molar-refractivity contribution >= 4 is 22.2 Å². The number of fused-ring (bicyclic) bond motifs is 1. The van der Waals surface area contributed by atoms with Crippen molar-refractivity contribution in [2.75, 3.05) is 0 Å². The van der Waals surface area contributed by atoms with Crippen LogP contribution in [-0.4, -0.2) is 26.3 Å². The van der Waals surface area contributed by atoms with Crippen LogP contribution in [0, 0.1) is 0 Å². The van der Waals surface area contributed by atoms with Crippen LogP contribution in [0.5, 0.6) is 0 Å². The molecule has 0 unspecified atom stereocenters. The zero-order valence-corrected chi connectivity index (χ0v) is 16.7. The van der Waals surface area contributed by atoms with E-state index < -0.39 is 11.7 Å². The molecule has 5 nitrogen and oxygen atoms in total. The molecule has 0 spiro atoms. The van der Waals surface area contributed by atoms with Crippen molar-refractivity contribution < 1.29 is 18.0 Å². The monoisotopic (exact) mass is 430 g/mol. The van der Waals surface area contributed by atoms with E-state index in [9.17, 15) is 18.0 Å². The van der Waals surface area contributed by atoms with E-state index >= 15 is 0 Å². The first-order chi connectivity index (χ1) is 14.3. The molecule has 0 radical (unpaired) electrons. The molecule has 9 heteroatoms. The van der Waals surface area contributed by atoms with Gasteiger partial charge in [0.05, 0.1) is 11.3 Å². The third kappa shape index (κ3) is 4.20. The third-order valence-electron chi connectivity index (χ3n) is 4.55. The maximum Gasteiger partial charge on any atom is 0.416 e. The normalized spacial score (nSPS) is 12.8. The number of halogens is 3. The zero-order valence-electron chi connectivity index (χ0n) is 15.8. The minimum Gasteiger partial charge on any atom is -0.348 e. The van der Waals surface area contributed by atoms with Gasteiger partial charge in [0.25, 0.3) is 5.91 Å². The van der Waals surface area contributed by atoms with Crippen molar-refractivity contribution in [2.45, 2.75) is 25.6 Å². The summed E-state index contributed by atoms with van der Waals surface area (Å²) in [6, 6.07) is 10.5. The lowest BCUT2D eigenvalue weighted by Crippen LogP contribution is -2.34. The SMILES string of the molecule is C[C@H](Cc1ccccn1)NC(=O)c1csc2nc(-c3cccc(C(F)(F)F)c3)cn12. The summed E-state index contributed by atoms with van der Waals surface area (Å²) in [4.78, 5) is 21.9. The van der Waals surface area contributed by atoms with Crippen molar-refractivity contribution in [3.05, 3.63) is 77.2 Å². The fraction of sp³-hybridized carbons (Fsp3) is 0.190. The highest BCUT2D eigenvalue weighted by molar-refractivity contribution is 7.15. The lowest BCUT2D eigenvalue weighted by Gasteiger charge is -2.13. The highest BCUT2D eigenvalue weighted by atomic mass is 32.1. The Hall–Kier alpha value is -3.20. The van der Waals surface area contributed by atoms with Crippen LogP contribution in [0.15, 0.2) is 60.2 Å². The van der Waals surface area contributed by atoms with Crippen LogP contribution in [0.25, 0.3) is 16.2 Å². The fourth-order valence-electron chi connectivity index (χ4n) is 3.12. The summed E-state index contributed by atoms with van der Waals surface area (Å²) in [7, 11) is 0. The number of carbonyl (C=O) groups excluding carboxylic acids is 1. The van der Waals surface area contributed by atoms with E-state index in [1.165, 1.54) is 17.4 Å². The van der Waals surface area contributed by atoms with Gasteiger partial charge in [0.2, 0.25) is 0 Å². The number of imidazole rings is 1. The first kappa shape index (κ1) is 20.1. The summed E-state index contributed by atoms with van der Waals surface area (Å²) in [6.07, 6.45) is -0.562. The van der Waals surface area contributed by atoms with Gasteiger partial charge >= 0.3 is 6.18 Å². The molecule has 0 bridgehead atoms. The number of nitrogens with zero attached hydrogens (tertiary/aromatic N) is 3. The summed E-state index contributed by atoms with van der Waals surface area (Å²) in [5, 5.41) is 4.61. The van der Waals surface area contributed by atoms with Gasteiger partial charge in [0, 0.05) is 41.5 Å². The number of thiazole rings is 1. The first-order valence-corrected chi connectivity index (χ1v) is 10.0. The van der Waals surface area contributed by atoms with E-state index in [0.717, 1.165) is 17.8 Å². The standard InChI is InChI=1S/C21H17F3N4OS/c1-13(9-16-7-2-3-8-25-16)26-19(29)18-12-30-20-27-17(11-28(18)20)14-5-4-6-15(10-14)21(22,23)24/h2-8,10-13H,9H2,1H3,(H,26,29)/t13-/m1/s1. The third-order valence-corrected chi connectivity index (χ3v) is 5.39. The summed E-state index contributed by atoms with van der Waals surface area (Å²) in [5.74, 6) is -0.280. The van der Waals surface area contributed by atoms with Gasteiger partial charge in [0.1, 0.15) is 5.69 Å². The maximum absolute atomic E-state index is 13.0. The van der Waals surface area contributed by atoms with E-state index in [1.54, 1.807) is 28.2 Å². The predicted octanol–water partition coefficient (Wildman–Crippen LogP) is 4.84. The van der Waals surface area contributed by atoms with E-state index in [1.807, 2.05) is 25.1 Å². The van der Waals surface area contributed by atoms with Crippen LogP contribution in [0.4, 0.5) is 13.2 Å². The first-order valence-electron chi connectivity index (χ1n) is 9.16. The summed E-state index contributed by atoms with van der Waals surface area (Å²) in [5.41, 5.74) is 1.24. The van der Waals surface area contributed by atoms with Gasteiger partial charge in [-0.3, -0.25) is 14.2 Å². The maximum atomic E-state index is 13.0. The number of carbonyl (C=O) groups is 1. The topological polar surface area (TPSA) is 59.3 Å². The Morgan fingerprint density at radius 3 is 2.80 bits per heavy atom. The highest BCUT2D eigenvalue weighted by Crippen LogP contribution is 2.32. The van der Waals surface area contributed by atoms with E-state index in [-0.39, 0.29) is 11.9 Å². The van der Waals surface area contributed by atoms with E-state index in [2.05, 4.69) is 15.3 Å². The van der Waals surface area contributed by atoms with Gasteiger partial charge < -0.3 is 5.32 Å². The number of hydrogen-bond acceptors (Lipinski definition) is 4. The van der Waals surface area contributed by atoms with Crippen LogP contribution in [0.1, 0.15) is 28.7 Å². The molecule has 0 aliphatic carbocycles. The average molecular weight is 430 g/mol. The molecule has 154 valence electrons. The van der Waals surface area contributed by atoms with Crippen LogP contribution in [0.3, 0.4) is 0 Å². The molecule has 4 aromatic rings. The Bertz CT molecular complexity index is 1180. The molecule has 0 saturated heterocycles. The van der Waals surface area contributed by atoms with Crippen molar-refractivity contribution in [3.8, 4) is 11.3 Å². The Morgan fingerprint density at radius 1 is 1.23 bits per heavy atom. The minimum atomic E-state index is -4.43. The lowest BCUT2D eigenvalue weighted by molar-refractivity contribution is -0.137. The van der Waals surface area contributed by atoms with Gasteiger partial charge in [0.15, 0.2) is 4.96 Å². The highest BCUT2D eigenvalue weighted by Gasteiger charge is 2.30. The number of nitrogens with one attached hydrogen (secondary N) is 1. The molecule has 3 aromatic heterocycles. The second-order valence-corrected chi connectivity index (χ2v) is 7.71. The quantitative estimate of drug-likeness (QED) is 0.493. The Labute approximate surface area is 174 Å². The molecule has 0 aliphatic heterocycles. The zero-order chi connectivity index (χ0) is 21.3. The lowest BCUT2D eigenvalue weighted by atomic mass is 10.1. The molecule has 0 fully saturated rings. The number of rotatable bonds is 5. The molecular formula is C21H17F3N4OS. The summed E-state index contributed by atoms with van der Waals surface area (Å²) >= 11 is 1.26.